The van der Waals surface area contributed by atoms with Gasteiger partial charge in [0.1, 0.15) is 5.75 Å². The normalized spacial score (nSPS) is 16.5. The topological polar surface area (TPSA) is 84.0 Å². The Morgan fingerprint density at radius 3 is 2.62 bits per heavy atom. The largest absolute Gasteiger partial charge is 0.489 e. The second kappa shape index (κ2) is 10.4. The molecule has 174 valence electrons. The number of rotatable bonds is 7. The monoisotopic (exact) mass is 480 g/mol. The predicted molar refractivity (Wildman–Crippen MR) is 129 cm³/mol. The number of piperazine rings is 1. The lowest BCUT2D eigenvalue weighted by Crippen LogP contribution is -2.49. The minimum absolute atomic E-state index is 0.0497. The third kappa shape index (κ3) is 7.29. The zero-order valence-corrected chi connectivity index (χ0v) is 20.1. The Morgan fingerprint density at radius 1 is 1.25 bits per heavy atom. The maximum Gasteiger partial charge on any atom is 0.415 e. The van der Waals surface area contributed by atoms with Gasteiger partial charge in [0, 0.05) is 54.8 Å². The van der Waals surface area contributed by atoms with Crippen molar-refractivity contribution in [2.24, 2.45) is 0 Å². The molecule has 1 saturated heterocycles. The fourth-order valence-corrected chi connectivity index (χ4v) is 4.05. The molecule has 1 aromatic heterocycles. The predicted octanol–water partition coefficient (Wildman–Crippen LogP) is 3.51. The van der Waals surface area contributed by atoms with Crippen molar-refractivity contribution in [3.8, 4) is 11.5 Å². The summed E-state index contributed by atoms with van der Waals surface area (Å²) in [6.45, 7) is 7.21. The van der Waals surface area contributed by atoms with E-state index in [4.69, 9.17) is 21.1 Å². The van der Waals surface area contributed by atoms with Gasteiger partial charge >= 0.3 is 6.09 Å². The number of halogens is 1. The van der Waals surface area contributed by atoms with E-state index in [0.717, 1.165) is 25.2 Å². The summed E-state index contributed by atoms with van der Waals surface area (Å²) in [6, 6.07) is 7.39. The molecule has 0 spiro atoms. The van der Waals surface area contributed by atoms with Crippen molar-refractivity contribution in [1.82, 2.24) is 14.8 Å². The molecule has 0 bridgehead atoms. The van der Waals surface area contributed by atoms with Crippen molar-refractivity contribution in [2.75, 3.05) is 37.2 Å². The number of ether oxygens (including phenoxy) is 2. The summed E-state index contributed by atoms with van der Waals surface area (Å²) in [6.07, 6.45) is 4.03. The van der Waals surface area contributed by atoms with Crippen LogP contribution in [-0.2, 0) is 16.3 Å². The lowest BCUT2D eigenvalue weighted by Gasteiger charge is -2.34. The molecule has 1 fully saturated rings. The fraction of sp³-hybridized carbons (Fsp3) is 0.409. The Balaban J connectivity index is 1.52. The first-order chi connectivity index (χ1) is 15.1. The number of nitrogens with one attached hydrogen (secondary N) is 1. The number of carbonyl (C=O) groups is 1. The molecule has 1 aliphatic heterocycles. The number of carbonyl (C=O) groups excluding carboxylic acids is 1. The smallest absolute Gasteiger partial charge is 0.415 e. The third-order valence-corrected chi connectivity index (χ3v) is 5.63. The maximum atomic E-state index is 12.6. The van der Waals surface area contributed by atoms with E-state index in [2.05, 4.69) is 20.5 Å². The number of anilines is 1. The van der Waals surface area contributed by atoms with Gasteiger partial charge in [0.2, 0.25) is 0 Å². The van der Waals surface area contributed by atoms with Crippen LogP contribution in [0.15, 0.2) is 36.7 Å². The number of amides is 1. The number of aromatic nitrogens is 1. The molecule has 2 heterocycles. The molecular weight excluding hydrogens is 452 g/mol. The lowest BCUT2D eigenvalue weighted by molar-refractivity contribution is 0.108. The van der Waals surface area contributed by atoms with Gasteiger partial charge in [-0.25, -0.2) is 9.00 Å². The molecule has 32 heavy (non-hydrogen) atoms. The second-order valence-corrected chi connectivity index (χ2v) is 10.7. The van der Waals surface area contributed by atoms with E-state index in [0.29, 0.717) is 29.5 Å². The molecule has 1 atom stereocenters. The molecule has 3 rings (SSSR count). The highest BCUT2D eigenvalue weighted by molar-refractivity contribution is 8.00. The number of nitrogens with zero attached hydrogens (tertiary/aromatic N) is 3. The van der Waals surface area contributed by atoms with Crippen molar-refractivity contribution >= 4 is 39.0 Å². The van der Waals surface area contributed by atoms with Crippen LogP contribution in [0.4, 0.5) is 10.5 Å². The highest BCUT2D eigenvalue weighted by Crippen LogP contribution is 2.27. The van der Waals surface area contributed by atoms with Gasteiger partial charge in [0.25, 0.3) is 0 Å². The molecule has 1 aliphatic rings. The average Bonchev–Trinajstić information content (AvgIpc) is 2.69. The van der Waals surface area contributed by atoms with Gasteiger partial charge in [-0.15, -0.1) is 0 Å². The molecule has 0 saturated carbocycles. The minimum Gasteiger partial charge on any atom is -0.489 e. The SMILES string of the molecule is C=S(C)(=O)Nc1cncc(OC(=O)N2CCN(Cc3ccc(Cl)c(OC(C)C)c3)CC2)c1. The third-order valence-electron chi connectivity index (χ3n) is 4.65. The van der Waals surface area contributed by atoms with Gasteiger partial charge in [-0.1, -0.05) is 17.7 Å². The number of pyridine rings is 1. The lowest BCUT2D eigenvalue weighted by atomic mass is 10.2. The van der Waals surface area contributed by atoms with E-state index in [-0.39, 0.29) is 11.9 Å². The van der Waals surface area contributed by atoms with Crippen LogP contribution in [0.2, 0.25) is 5.02 Å². The van der Waals surface area contributed by atoms with E-state index in [9.17, 15) is 9.00 Å². The van der Waals surface area contributed by atoms with E-state index in [1.165, 1.54) is 18.6 Å². The molecule has 0 radical (unpaired) electrons. The summed E-state index contributed by atoms with van der Waals surface area (Å²) >= 11 is 6.22. The Bertz CT molecular complexity index is 1050. The standard InChI is InChI=1S/C22H29ClN4O4S/c1-16(2)30-21-11-17(5-6-20(21)23)15-26-7-9-27(10-8-26)22(28)31-19-12-18(13-24-14-19)25-32(3,4)29/h5-6,11-14,16H,3,7-10,15H2,1-2,4H3,(H,25,29). The number of hydrogen-bond acceptors (Lipinski definition) is 6. The maximum absolute atomic E-state index is 12.6. The van der Waals surface area contributed by atoms with E-state index in [1.54, 1.807) is 11.0 Å². The van der Waals surface area contributed by atoms with Crippen LogP contribution in [0.25, 0.3) is 0 Å². The fourth-order valence-electron chi connectivity index (χ4n) is 3.28. The first kappa shape index (κ1) is 24.2. The summed E-state index contributed by atoms with van der Waals surface area (Å²) in [4.78, 5) is 20.5. The van der Waals surface area contributed by atoms with Gasteiger partial charge in [0.05, 0.1) is 29.2 Å². The number of hydrogen-bond donors (Lipinski definition) is 1. The van der Waals surface area contributed by atoms with Crippen molar-refractivity contribution in [3.05, 3.63) is 47.2 Å². The van der Waals surface area contributed by atoms with Gasteiger partial charge in [0.15, 0.2) is 5.75 Å². The van der Waals surface area contributed by atoms with Gasteiger partial charge < -0.3 is 19.1 Å². The summed E-state index contributed by atoms with van der Waals surface area (Å²) in [5, 5.41) is 0.597. The van der Waals surface area contributed by atoms with Gasteiger partial charge in [-0.2, -0.15) is 0 Å². The van der Waals surface area contributed by atoms with Crippen LogP contribution in [0.5, 0.6) is 11.5 Å². The van der Waals surface area contributed by atoms with Crippen LogP contribution < -0.4 is 14.2 Å². The minimum atomic E-state index is -2.45. The Kier molecular flexibility index (Phi) is 7.86. The van der Waals surface area contributed by atoms with Crippen molar-refractivity contribution in [2.45, 2.75) is 26.5 Å². The first-order valence-electron chi connectivity index (χ1n) is 10.3. The van der Waals surface area contributed by atoms with Crippen LogP contribution in [0.3, 0.4) is 0 Å². The first-order valence-corrected chi connectivity index (χ1v) is 12.8. The average molecular weight is 481 g/mol. The van der Waals surface area contributed by atoms with Crippen molar-refractivity contribution < 1.29 is 18.5 Å². The highest BCUT2D eigenvalue weighted by Gasteiger charge is 2.23. The quantitative estimate of drug-likeness (QED) is 0.610. The second-order valence-electron chi connectivity index (χ2n) is 8.08. The molecule has 10 heteroatoms. The van der Waals surface area contributed by atoms with Gasteiger partial charge in [-0.3, -0.25) is 9.88 Å². The molecule has 1 N–H and O–H groups in total. The molecule has 2 aromatic rings. The van der Waals surface area contributed by atoms with E-state index >= 15 is 0 Å². The number of benzene rings is 1. The summed E-state index contributed by atoms with van der Waals surface area (Å²) in [5.74, 6) is 4.51. The molecule has 1 aromatic carbocycles. The molecule has 0 aliphatic carbocycles. The molecule has 1 unspecified atom stereocenters. The van der Waals surface area contributed by atoms with Crippen molar-refractivity contribution in [3.63, 3.8) is 0 Å². The zero-order chi connectivity index (χ0) is 23.3. The molecule has 8 nitrogen and oxygen atoms in total. The summed E-state index contributed by atoms with van der Waals surface area (Å²) in [5.41, 5.74) is 1.58. The summed E-state index contributed by atoms with van der Waals surface area (Å²) in [7, 11) is -2.45. The van der Waals surface area contributed by atoms with Crippen molar-refractivity contribution in [1.29, 1.82) is 0 Å². The van der Waals surface area contributed by atoms with E-state index < -0.39 is 15.8 Å². The summed E-state index contributed by atoms with van der Waals surface area (Å²) < 4.78 is 25.8. The van der Waals surface area contributed by atoms with E-state index in [1.807, 2.05) is 32.0 Å². The van der Waals surface area contributed by atoms with Crippen LogP contribution >= 0.6 is 11.6 Å². The highest BCUT2D eigenvalue weighted by atomic mass is 35.5. The van der Waals surface area contributed by atoms with Crippen LogP contribution in [-0.4, -0.2) is 69.5 Å². The Morgan fingerprint density at radius 2 is 1.97 bits per heavy atom. The van der Waals surface area contributed by atoms with Crippen LogP contribution in [0, 0.1) is 0 Å². The zero-order valence-electron chi connectivity index (χ0n) is 18.5. The van der Waals surface area contributed by atoms with Crippen LogP contribution in [0.1, 0.15) is 19.4 Å². The van der Waals surface area contributed by atoms with Gasteiger partial charge in [-0.05, 0) is 37.4 Å². The Labute approximate surface area is 194 Å². The molecular formula is C22H29ClN4O4S. The molecule has 1 amide bonds. The Hall–Kier alpha value is -2.49.